The Bertz CT molecular complexity index is 730. The van der Waals surface area contributed by atoms with Crippen molar-refractivity contribution >= 4 is 17.7 Å². The molecule has 3 N–H and O–H groups in total. The van der Waals surface area contributed by atoms with E-state index in [2.05, 4.69) is 15.5 Å². The predicted octanol–water partition coefficient (Wildman–Crippen LogP) is 2.12. The topological polar surface area (TPSA) is 85.8 Å². The molecule has 1 unspecified atom stereocenters. The first kappa shape index (κ1) is 16.6. The van der Waals surface area contributed by atoms with Gasteiger partial charge in [-0.2, -0.15) is 13.2 Å². The normalized spacial score (nSPS) is 16.0. The van der Waals surface area contributed by atoms with E-state index >= 15 is 0 Å². The predicted molar refractivity (Wildman–Crippen MR) is 81.4 cm³/mol. The number of thioether (sulfide) groups is 1. The smallest absolute Gasteiger partial charge is 0.352 e. The van der Waals surface area contributed by atoms with Crippen molar-refractivity contribution in [1.29, 1.82) is 0 Å². The van der Waals surface area contributed by atoms with Crippen LogP contribution in [0.1, 0.15) is 29.5 Å². The van der Waals surface area contributed by atoms with Crippen LogP contribution in [0.3, 0.4) is 0 Å². The molecule has 1 heterocycles. The molecule has 0 bridgehead atoms. The van der Waals surface area contributed by atoms with Gasteiger partial charge in [0.1, 0.15) is 5.25 Å². The van der Waals surface area contributed by atoms with Crippen molar-refractivity contribution in [2.45, 2.75) is 35.5 Å². The molecule has 3 rings (SSSR count). The maximum Gasteiger partial charge on any atom is 0.453 e. The number of nitrogens with two attached hydrogens (primary N) is 1. The summed E-state index contributed by atoms with van der Waals surface area (Å²) < 4.78 is 38.7. The van der Waals surface area contributed by atoms with E-state index in [1.165, 1.54) is 0 Å². The average molecular weight is 357 g/mol. The summed E-state index contributed by atoms with van der Waals surface area (Å²) >= 11 is 0.836. The van der Waals surface area contributed by atoms with Crippen LogP contribution in [0.4, 0.5) is 13.2 Å². The average Bonchev–Trinajstić information content (AvgIpc) is 3.26. The van der Waals surface area contributed by atoms with Gasteiger partial charge in [0, 0.05) is 6.04 Å². The van der Waals surface area contributed by atoms with Crippen molar-refractivity contribution < 1.29 is 18.0 Å². The van der Waals surface area contributed by atoms with E-state index in [1.54, 1.807) is 30.3 Å². The van der Waals surface area contributed by atoms with E-state index in [-0.39, 0.29) is 17.1 Å². The van der Waals surface area contributed by atoms with Gasteiger partial charge in [0.15, 0.2) is 0 Å². The van der Waals surface area contributed by atoms with Gasteiger partial charge in [-0.05, 0) is 18.4 Å². The fraction of sp³-hybridized carbons (Fsp3) is 0.357. The van der Waals surface area contributed by atoms with Crippen LogP contribution in [0.15, 0.2) is 35.5 Å². The molecule has 0 spiro atoms. The molecule has 1 aromatic heterocycles. The molecular formula is C14H14F3N5OS. The van der Waals surface area contributed by atoms with E-state index in [4.69, 9.17) is 5.84 Å². The summed E-state index contributed by atoms with van der Waals surface area (Å²) in [5.74, 6) is 3.86. The van der Waals surface area contributed by atoms with Gasteiger partial charge in [-0.3, -0.25) is 4.79 Å². The van der Waals surface area contributed by atoms with Crippen molar-refractivity contribution in [3.8, 4) is 0 Å². The van der Waals surface area contributed by atoms with Gasteiger partial charge in [0.2, 0.25) is 11.1 Å². The molecule has 10 heteroatoms. The Labute approximate surface area is 139 Å². The van der Waals surface area contributed by atoms with E-state index in [9.17, 15) is 18.0 Å². The summed E-state index contributed by atoms with van der Waals surface area (Å²) in [6, 6.07) is 8.88. The number of amides is 1. The number of hydrogen-bond acceptors (Lipinski definition) is 5. The monoisotopic (exact) mass is 357 g/mol. The van der Waals surface area contributed by atoms with E-state index in [1.807, 2.05) is 0 Å². The lowest BCUT2D eigenvalue weighted by molar-refractivity contribution is -0.146. The molecule has 128 valence electrons. The third-order valence-corrected chi connectivity index (χ3v) is 4.62. The summed E-state index contributed by atoms with van der Waals surface area (Å²) in [4.78, 5) is 12.5. The number of nitrogen functional groups attached to an aromatic ring is 1. The summed E-state index contributed by atoms with van der Waals surface area (Å²) in [6.45, 7) is 0. The van der Waals surface area contributed by atoms with Gasteiger partial charge >= 0.3 is 6.18 Å². The highest BCUT2D eigenvalue weighted by Crippen LogP contribution is 2.37. The first-order valence-electron chi connectivity index (χ1n) is 7.16. The highest BCUT2D eigenvalue weighted by Gasteiger charge is 2.39. The zero-order valence-corrected chi connectivity index (χ0v) is 13.1. The van der Waals surface area contributed by atoms with Gasteiger partial charge in [-0.15, -0.1) is 10.2 Å². The van der Waals surface area contributed by atoms with Crippen LogP contribution in [-0.4, -0.2) is 26.8 Å². The first-order chi connectivity index (χ1) is 11.4. The van der Waals surface area contributed by atoms with Gasteiger partial charge in [0.25, 0.3) is 5.82 Å². The molecule has 6 nitrogen and oxygen atoms in total. The zero-order valence-electron chi connectivity index (χ0n) is 12.3. The Kier molecular flexibility index (Phi) is 4.39. The number of hydrogen-bond donors (Lipinski definition) is 2. The molecule has 1 amide bonds. The fourth-order valence-corrected chi connectivity index (χ4v) is 3.03. The van der Waals surface area contributed by atoms with Gasteiger partial charge < -0.3 is 11.2 Å². The van der Waals surface area contributed by atoms with Gasteiger partial charge in [-0.1, -0.05) is 42.1 Å². The number of halogens is 3. The second kappa shape index (κ2) is 6.34. The summed E-state index contributed by atoms with van der Waals surface area (Å²) in [6.07, 6.45) is -2.90. The molecule has 1 aliphatic carbocycles. The zero-order chi connectivity index (χ0) is 17.3. The maximum atomic E-state index is 12.8. The van der Waals surface area contributed by atoms with E-state index < -0.39 is 17.3 Å². The highest BCUT2D eigenvalue weighted by atomic mass is 32.2. The van der Waals surface area contributed by atoms with Crippen molar-refractivity contribution in [2.75, 3.05) is 5.84 Å². The maximum absolute atomic E-state index is 12.8. The molecular weight excluding hydrogens is 343 g/mol. The summed E-state index contributed by atoms with van der Waals surface area (Å²) in [7, 11) is 0. The number of alkyl halides is 3. The Morgan fingerprint density at radius 3 is 2.50 bits per heavy atom. The lowest BCUT2D eigenvalue weighted by atomic mass is 10.1. The quantitative estimate of drug-likeness (QED) is 0.632. The Morgan fingerprint density at radius 2 is 1.96 bits per heavy atom. The van der Waals surface area contributed by atoms with Gasteiger partial charge in [0.05, 0.1) is 0 Å². The lowest BCUT2D eigenvalue weighted by Crippen LogP contribution is -2.30. The largest absolute Gasteiger partial charge is 0.453 e. The minimum atomic E-state index is -4.71. The van der Waals surface area contributed by atoms with Crippen LogP contribution in [0.2, 0.25) is 0 Å². The SMILES string of the molecule is Nn1c(SC(C(=O)NC2CC2)c2ccccc2)nnc1C(F)(F)F. The number of rotatable bonds is 5. The lowest BCUT2D eigenvalue weighted by Gasteiger charge is -2.16. The third kappa shape index (κ3) is 3.64. The molecule has 1 aliphatic rings. The van der Waals surface area contributed by atoms with E-state index in [0.717, 1.165) is 24.6 Å². The van der Waals surface area contributed by atoms with Crippen LogP contribution in [0.5, 0.6) is 0 Å². The molecule has 0 aliphatic heterocycles. The second-order valence-electron chi connectivity index (χ2n) is 5.37. The molecule has 1 atom stereocenters. The Balaban J connectivity index is 1.86. The van der Waals surface area contributed by atoms with Crippen LogP contribution in [0.25, 0.3) is 0 Å². The summed E-state index contributed by atoms with van der Waals surface area (Å²) in [5.41, 5.74) is 0.650. The third-order valence-electron chi connectivity index (χ3n) is 3.41. The van der Waals surface area contributed by atoms with Gasteiger partial charge in [-0.25, -0.2) is 4.68 Å². The molecule has 0 saturated heterocycles. The van der Waals surface area contributed by atoms with Crippen molar-refractivity contribution in [2.24, 2.45) is 0 Å². The van der Waals surface area contributed by atoms with E-state index in [0.29, 0.717) is 10.2 Å². The molecule has 1 fully saturated rings. The number of benzene rings is 1. The minimum Gasteiger partial charge on any atom is -0.352 e. The Morgan fingerprint density at radius 1 is 1.29 bits per heavy atom. The van der Waals surface area contributed by atoms with Crippen molar-refractivity contribution in [3.05, 3.63) is 41.7 Å². The second-order valence-corrected chi connectivity index (χ2v) is 6.44. The fourth-order valence-electron chi connectivity index (χ4n) is 2.06. The van der Waals surface area contributed by atoms with Crippen LogP contribution < -0.4 is 11.2 Å². The number of nitrogens with zero attached hydrogens (tertiary/aromatic N) is 3. The van der Waals surface area contributed by atoms with Crippen LogP contribution in [-0.2, 0) is 11.0 Å². The molecule has 1 aromatic carbocycles. The summed E-state index contributed by atoms with van der Waals surface area (Å²) in [5, 5.41) is 8.46. The van der Waals surface area contributed by atoms with Crippen LogP contribution in [0, 0.1) is 0 Å². The number of carbonyl (C=O) groups excluding carboxylic acids is 1. The number of carbonyl (C=O) groups is 1. The molecule has 1 saturated carbocycles. The minimum absolute atomic E-state index is 0.130. The van der Waals surface area contributed by atoms with Crippen LogP contribution >= 0.6 is 11.8 Å². The van der Waals surface area contributed by atoms with Crippen molar-refractivity contribution in [1.82, 2.24) is 20.2 Å². The first-order valence-corrected chi connectivity index (χ1v) is 8.04. The standard InChI is InChI=1S/C14H14F3N5OS/c15-14(16,17)12-20-21-13(22(12)18)24-10(8-4-2-1-3-5-8)11(23)19-9-6-7-9/h1-5,9-10H,6-7,18H2,(H,19,23). The number of aromatic nitrogens is 3. The number of nitrogens with one attached hydrogen (secondary N) is 1. The highest BCUT2D eigenvalue weighted by molar-refractivity contribution is 8.00. The Hall–Kier alpha value is -2.23. The molecule has 24 heavy (non-hydrogen) atoms. The molecule has 0 radical (unpaired) electrons. The molecule has 2 aromatic rings. The van der Waals surface area contributed by atoms with Crippen molar-refractivity contribution in [3.63, 3.8) is 0 Å².